The van der Waals surface area contributed by atoms with Crippen molar-refractivity contribution in [3.05, 3.63) is 79.6 Å². The summed E-state index contributed by atoms with van der Waals surface area (Å²) in [4.78, 5) is 10.4. The summed E-state index contributed by atoms with van der Waals surface area (Å²) in [6, 6.07) is 16.2. The van der Waals surface area contributed by atoms with Crippen molar-refractivity contribution in [1.82, 2.24) is 0 Å². The average Bonchev–Trinajstić information content (AvgIpc) is 3.05. The van der Waals surface area contributed by atoms with Gasteiger partial charge in [0, 0.05) is 21.3 Å². The van der Waals surface area contributed by atoms with Gasteiger partial charge in [0.15, 0.2) is 0 Å². The fourth-order valence-corrected chi connectivity index (χ4v) is 2.66. The highest BCUT2D eigenvalue weighted by atomic mass is 127. The third kappa shape index (κ3) is 4.24. The van der Waals surface area contributed by atoms with Crippen LogP contribution in [0, 0.1) is 20.6 Å². The van der Waals surface area contributed by atoms with Gasteiger partial charge in [0.05, 0.1) is 16.8 Å². The fraction of sp³-hybridized carbons (Fsp3) is 0.0556. The number of nitrogens with zero attached hydrogens (tertiary/aromatic N) is 2. The van der Waals surface area contributed by atoms with Crippen molar-refractivity contribution < 1.29 is 9.34 Å². The van der Waals surface area contributed by atoms with E-state index in [1.54, 1.807) is 18.3 Å². The molecule has 1 N–H and O–H groups in total. The number of hydrogen-bond acceptors (Lipinski definition) is 5. The van der Waals surface area contributed by atoms with Gasteiger partial charge < -0.3 is 4.42 Å². The standard InChI is InChI=1S/C18H14IN3O3/c1-12-10-15(22(23)24)6-8-17(12)18-9-7-16(25-18)11-20-21-14-4-2-13(19)3-5-14/h2-11,21H,1H3/b20-11-. The van der Waals surface area contributed by atoms with E-state index >= 15 is 0 Å². The quantitative estimate of drug-likeness (QED) is 0.252. The summed E-state index contributed by atoms with van der Waals surface area (Å²) in [6.45, 7) is 1.82. The third-order valence-electron chi connectivity index (χ3n) is 3.54. The maximum Gasteiger partial charge on any atom is 0.269 e. The second kappa shape index (κ2) is 7.47. The SMILES string of the molecule is Cc1cc([N+](=O)[O-])ccc1-c1ccc(/C=N\Nc2ccc(I)cc2)o1. The first-order valence-electron chi connectivity index (χ1n) is 7.43. The Morgan fingerprint density at radius 3 is 2.60 bits per heavy atom. The largest absolute Gasteiger partial charge is 0.455 e. The maximum absolute atomic E-state index is 10.8. The lowest BCUT2D eigenvalue weighted by molar-refractivity contribution is -0.384. The van der Waals surface area contributed by atoms with E-state index in [0.29, 0.717) is 11.5 Å². The van der Waals surface area contributed by atoms with Crippen LogP contribution in [0.3, 0.4) is 0 Å². The zero-order valence-corrected chi connectivity index (χ0v) is 15.4. The van der Waals surface area contributed by atoms with E-state index in [4.69, 9.17) is 4.42 Å². The molecule has 0 saturated carbocycles. The number of anilines is 1. The molecule has 0 saturated heterocycles. The molecule has 0 aliphatic rings. The molecule has 0 unspecified atom stereocenters. The van der Waals surface area contributed by atoms with Crippen molar-refractivity contribution in [3.8, 4) is 11.3 Å². The highest BCUT2D eigenvalue weighted by Crippen LogP contribution is 2.28. The Morgan fingerprint density at radius 2 is 1.92 bits per heavy atom. The van der Waals surface area contributed by atoms with Gasteiger partial charge in [0.1, 0.15) is 11.5 Å². The number of non-ortho nitro benzene ring substituents is 1. The summed E-state index contributed by atoms with van der Waals surface area (Å²) in [6.07, 6.45) is 1.59. The van der Waals surface area contributed by atoms with Gasteiger partial charge >= 0.3 is 0 Å². The molecule has 0 bridgehead atoms. The van der Waals surface area contributed by atoms with Crippen LogP contribution in [-0.2, 0) is 0 Å². The Labute approximate surface area is 157 Å². The molecule has 2 aromatic carbocycles. The maximum atomic E-state index is 10.8. The molecule has 0 atom stereocenters. The summed E-state index contributed by atoms with van der Waals surface area (Å²) in [5, 5.41) is 15.0. The molecule has 1 heterocycles. The molecule has 3 rings (SSSR count). The highest BCUT2D eigenvalue weighted by Gasteiger charge is 2.11. The second-order valence-corrected chi connectivity index (χ2v) is 6.58. The lowest BCUT2D eigenvalue weighted by Crippen LogP contribution is -1.90. The molecule has 0 amide bonds. The molecule has 25 heavy (non-hydrogen) atoms. The van der Waals surface area contributed by atoms with E-state index in [2.05, 4.69) is 33.1 Å². The van der Waals surface area contributed by atoms with Gasteiger partial charge in [-0.2, -0.15) is 5.10 Å². The van der Waals surface area contributed by atoms with Crippen LogP contribution < -0.4 is 5.43 Å². The number of hydrazone groups is 1. The van der Waals surface area contributed by atoms with Gasteiger partial charge in [-0.3, -0.25) is 15.5 Å². The summed E-state index contributed by atoms with van der Waals surface area (Å²) in [5.41, 5.74) is 5.48. The van der Waals surface area contributed by atoms with Crippen LogP contribution >= 0.6 is 22.6 Å². The molecular formula is C18H14IN3O3. The second-order valence-electron chi connectivity index (χ2n) is 5.34. The van der Waals surface area contributed by atoms with Crippen molar-refractivity contribution >= 4 is 40.2 Å². The Bertz CT molecular complexity index is 933. The molecule has 0 aliphatic heterocycles. The molecular weight excluding hydrogens is 433 g/mol. The Morgan fingerprint density at radius 1 is 1.16 bits per heavy atom. The van der Waals surface area contributed by atoms with Crippen molar-refractivity contribution in [3.63, 3.8) is 0 Å². The molecule has 6 nitrogen and oxygen atoms in total. The van der Waals surface area contributed by atoms with E-state index in [-0.39, 0.29) is 5.69 Å². The van der Waals surface area contributed by atoms with Crippen LogP contribution in [0.2, 0.25) is 0 Å². The molecule has 0 aliphatic carbocycles. The number of nitro groups is 1. The molecule has 3 aromatic rings. The first kappa shape index (κ1) is 17.2. The number of nitrogens with one attached hydrogen (secondary N) is 1. The fourth-order valence-electron chi connectivity index (χ4n) is 2.30. The van der Waals surface area contributed by atoms with E-state index < -0.39 is 4.92 Å². The normalized spacial score (nSPS) is 11.0. The number of halogens is 1. The predicted molar refractivity (Wildman–Crippen MR) is 106 cm³/mol. The molecule has 7 heteroatoms. The molecule has 1 aromatic heterocycles. The Hall–Kier alpha value is -2.68. The van der Waals surface area contributed by atoms with E-state index in [1.807, 2.05) is 37.3 Å². The minimum absolute atomic E-state index is 0.0660. The summed E-state index contributed by atoms with van der Waals surface area (Å²) in [7, 11) is 0. The minimum Gasteiger partial charge on any atom is -0.455 e. The van der Waals surface area contributed by atoms with Gasteiger partial charge in [-0.15, -0.1) is 0 Å². The molecule has 0 radical (unpaired) electrons. The van der Waals surface area contributed by atoms with Crippen LogP contribution in [-0.4, -0.2) is 11.1 Å². The van der Waals surface area contributed by atoms with Gasteiger partial charge in [-0.25, -0.2) is 0 Å². The number of furan rings is 1. The Kier molecular flexibility index (Phi) is 5.13. The van der Waals surface area contributed by atoms with Crippen LogP contribution in [0.1, 0.15) is 11.3 Å². The number of nitro benzene ring substituents is 1. The highest BCUT2D eigenvalue weighted by molar-refractivity contribution is 14.1. The summed E-state index contributed by atoms with van der Waals surface area (Å²) in [5.74, 6) is 1.23. The smallest absolute Gasteiger partial charge is 0.269 e. The van der Waals surface area contributed by atoms with E-state index in [1.165, 1.54) is 12.1 Å². The Balaban J connectivity index is 1.73. The van der Waals surface area contributed by atoms with Crippen molar-refractivity contribution in [1.29, 1.82) is 0 Å². The third-order valence-corrected chi connectivity index (χ3v) is 4.26. The number of rotatable bonds is 5. The summed E-state index contributed by atoms with van der Waals surface area (Å²) < 4.78 is 6.90. The van der Waals surface area contributed by atoms with Crippen molar-refractivity contribution in [2.24, 2.45) is 5.10 Å². The molecule has 0 spiro atoms. The average molecular weight is 447 g/mol. The number of aryl methyl sites for hydroxylation is 1. The predicted octanol–water partition coefficient (Wildman–Crippen LogP) is 5.21. The van der Waals surface area contributed by atoms with E-state index in [0.717, 1.165) is 20.4 Å². The first-order valence-corrected chi connectivity index (χ1v) is 8.51. The zero-order valence-electron chi connectivity index (χ0n) is 13.3. The van der Waals surface area contributed by atoms with Gasteiger partial charge in [-0.05, 0) is 77.5 Å². The van der Waals surface area contributed by atoms with Crippen LogP contribution in [0.15, 0.2) is 64.1 Å². The topological polar surface area (TPSA) is 80.7 Å². The lowest BCUT2D eigenvalue weighted by atomic mass is 10.1. The van der Waals surface area contributed by atoms with Crippen LogP contribution in [0.5, 0.6) is 0 Å². The zero-order chi connectivity index (χ0) is 17.8. The first-order chi connectivity index (χ1) is 12.0. The van der Waals surface area contributed by atoms with Crippen molar-refractivity contribution in [2.45, 2.75) is 6.92 Å². The van der Waals surface area contributed by atoms with E-state index in [9.17, 15) is 10.1 Å². The van der Waals surface area contributed by atoms with Crippen LogP contribution in [0.4, 0.5) is 11.4 Å². The van der Waals surface area contributed by atoms with Gasteiger partial charge in [0.2, 0.25) is 0 Å². The number of hydrogen-bond donors (Lipinski definition) is 1. The molecule has 0 fully saturated rings. The molecule has 126 valence electrons. The monoisotopic (exact) mass is 447 g/mol. The number of benzene rings is 2. The minimum atomic E-state index is -0.409. The van der Waals surface area contributed by atoms with Gasteiger partial charge in [-0.1, -0.05) is 0 Å². The van der Waals surface area contributed by atoms with Gasteiger partial charge in [0.25, 0.3) is 5.69 Å². The summed E-state index contributed by atoms with van der Waals surface area (Å²) >= 11 is 2.24. The lowest BCUT2D eigenvalue weighted by Gasteiger charge is -2.02. The van der Waals surface area contributed by atoms with Crippen molar-refractivity contribution in [2.75, 3.05) is 5.43 Å². The van der Waals surface area contributed by atoms with Crippen LogP contribution in [0.25, 0.3) is 11.3 Å².